The number of hydrogen-bond acceptors (Lipinski definition) is 3. The first-order valence-electron chi connectivity index (χ1n) is 6.44. The molecule has 1 N–H and O–H groups in total. The van der Waals surface area contributed by atoms with Gasteiger partial charge in [0.2, 0.25) is 0 Å². The van der Waals surface area contributed by atoms with Crippen LogP contribution in [0.4, 0.5) is 0 Å². The van der Waals surface area contributed by atoms with Crippen LogP contribution in [-0.2, 0) is 9.53 Å². The Hall–Kier alpha value is -0.570. The van der Waals surface area contributed by atoms with Crippen LogP contribution in [0.25, 0.3) is 0 Å². The van der Waals surface area contributed by atoms with Crippen LogP contribution >= 0.6 is 0 Å². The molecule has 0 aromatic rings. The first kappa shape index (κ1) is 13.5. The zero-order chi connectivity index (χ0) is 12.2. The maximum atomic E-state index is 12.2. The van der Waals surface area contributed by atoms with E-state index < -0.39 is 0 Å². The van der Waals surface area contributed by atoms with Crippen LogP contribution in [-0.4, -0.2) is 25.2 Å². The molecule has 0 aromatic carbocycles. The van der Waals surface area contributed by atoms with Crippen molar-refractivity contribution in [1.29, 1.82) is 0 Å². The number of hydrogen-bond donors (Lipinski definition) is 1. The lowest BCUT2D eigenvalue weighted by atomic mass is 9.76. The number of esters is 1. The average molecular weight is 227 g/mol. The summed E-state index contributed by atoms with van der Waals surface area (Å²) in [6.45, 7) is 10.0. The Morgan fingerprint density at radius 1 is 1.44 bits per heavy atom. The normalized spacial score (nSPS) is 27.1. The summed E-state index contributed by atoms with van der Waals surface area (Å²) in [6, 6.07) is 0. The van der Waals surface area contributed by atoms with Gasteiger partial charge in [0.05, 0.1) is 11.5 Å². The Morgan fingerprint density at radius 3 is 2.56 bits per heavy atom. The van der Waals surface area contributed by atoms with Gasteiger partial charge in [-0.1, -0.05) is 27.2 Å². The second-order valence-corrected chi connectivity index (χ2v) is 5.24. The van der Waals surface area contributed by atoms with Gasteiger partial charge in [0.25, 0.3) is 0 Å². The highest BCUT2D eigenvalue weighted by Gasteiger charge is 2.45. The molecule has 0 amide bonds. The number of carbonyl (C=O) groups is 1. The number of ether oxygens (including phenoxy) is 1. The zero-order valence-corrected chi connectivity index (χ0v) is 11.0. The molecule has 2 unspecified atom stereocenters. The van der Waals surface area contributed by atoms with E-state index in [1.165, 1.54) is 0 Å². The van der Waals surface area contributed by atoms with Crippen LogP contribution in [0, 0.1) is 11.3 Å². The van der Waals surface area contributed by atoms with Crippen LogP contribution in [0.3, 0.4) is 0 Å². The highest BCUT2D eigenvalue weighted by Crippen LogP contribution is 2.35. The standard InChI is InChI=1S/C13H25NO2/c1-5-6-11(4)16-12(15)13(10(2)3)7-8-14-9-13/h10-11,14H,5-9H2,1-4H3. The molecule has 1 heterocycles. The van der Waals surface area contributed by atoms with Gasteiger partial charge in [-0.3, -0.25) is 4.79 Å². The topological polar surface area (TPSA) is 38.3 Å². The molecule has 16 heavy (non-hydrogen) atoms. The van der Waals surface area contributed by atoms with Crippen molar-refractivity contribution in [2.24, 2.45) is 11.3 Å². The fourth-order valence-electron chi connectivity index (χ4n) is 2.38. The lowest BCUT2D eigenvalue weighted by Gasteiger charge is -2.31. The SMILES string of the molecule is CCCC(C)OC(=O)C1(C(C)C)CCNC1. The molecule has 0 bridgehead atoms. The smallest absolute Gasteiger partial charge is 0.313 e. The Labute approximate surface area is 98.9 Å². The van der Waals surface area contributed by atoms with Gasteiger partial charge in [-0.15, -0.1) is 0 Å². The third-order valence-electron chi connectivity index (χ3n) is 3.70. The van der Waals surface area contributed by atoms with Crippen molar-refractivity contribution < 1.29 is 9.53 Å². The average Bonchev–Trinajstić information content (AvgIpc) is 2.67. The van der Waals surface area contributed by atoms with Crippen molar-refractivity contribution in [3.8, 4) is 0 Å². The second-order valence-electron chi connectivity index (χ2n) is 5.24. The van der Waals surface area contributed by atoms with E-state index >= 15 is 0 Å². The first-order valence-corrected chi connectivity index (χ1v) is 6.44. The van der Waals surface area contributed by atoms with Gasteiger partial charge < -0.3 is 10.1 Å². The minimum absolute atomic E-state index is 0.00606. The van der Waals surface area contributed by atoms with Crippen LogP contribution in [0.2, 0.25) is 0 Å². The van der Waals surface area contributed by atoms with Crippen LogP contribution in [0.1, 0.15) is 47.0 Å². The van der Waals surface area contributed by atoms with Crippen molar-refractivity contribution in [2.45, 2.75) is 53.1 Å². The van der Waals surface area contributed by atoms with Crippen molar-refractivity contribution in [2.75, 3.05) is 13.1 Å². The summed E-state index contributed by atoms with van der Waals surface area (Å²) < 4.78 is 5.56. The van der Waals surface area contributed by atoms with Crippen molar-refractivity contribution >= 4 is 5.97 Å². The summed E-state index contributed by atoms with van der Waals surface area (Å²) in [5.41, 5.74) is -0.290. The van der Waals surface area contributed by atoms with Gasteiger partial charge in [-0.2, -0.15) is 0 Å². The van der Waals surface area contributed by atoms with Crippen molar-refractivity contribution in [1.82, 2.24) is 5.32 Å². The molecule has 1 fully saturated rings. The Balaban J connectivity index is 2.62. The molecule has 0 spiro atoms. The lowest BCUT2D eigenvalue weighted by Crippen LogP contribution is -2.41. The molecule has 0 radical (unpaired) electrons. The monoisotopic (exact) mass is 227 g/mol. The molecule has 1 aliphatic rings. The van der Waals surface area contributed by atoms with E-state index in [-0.39, 0.29) is 17.5 Å². The zero-order valence-electron chi connectivity index (χ0n) is 11.0. The first-order chi connectivity index (χ1) is 7.53. The highest BCUT2D eigenvalue weighted by molar-refractivity contribution is 5.78. The molecule has 3 nitrogen and oxygen atoms in total. The van der Waals surface area contributed by atoms with Gasteiger partial charge in [0.15, 0.2) is 0 Å². The third-order valence-corrected chi connectivity index (χ3v) is 3.70. The van der Waals surface area contributed by atoms with Crippen LogP contribution < -0.4 is 5.32 Å². The Bertz CT molecular complexity index is 232. The molecule has 1 aliphatic heterocycles. The quantitative estimate of drug-likeness (QED) is 0.733. The summed E-state index contributed by atoms with van der Waals surface area (Å²) in [5, 5.41) is 3.28. The van der Waals surface area contributed by atoms with Gasteiger partial charge in [-0.05, 0) is 32.2 Å². The Kier molecular flexibility index (Phi) is 4.78. The molecule has 94 valence electrons. The van der Waals surface area contributed by atoms with Gasteiger partial charge in [0, 0.05) is 6.54 Å². The van der Waals surface area contributed by atoms with Crippen molar-refractivity contribution in [3.05, 3.63) is 0 Å². The summed E-state index contributed by atoms with van der Waals surface area (Å²) in [5.74, 6) is 0.331. The summed E-state index contributed by atoms with van der Waals surface area (Å²) >= 11 is 0. The van der Waals surface area contributed by atoms with E-state index in [0.29, 0.717) is 5.92 Å². The molecule has 3 heteroatoms. The van der Waals surface area contributed by atoms with E-state index in [4.69, 9.17) is 4.74 Å². The molecule has 1 saturated heterocycles. The second kappa shape index (κ2) is 5.67. The lowest BCUT2D eigenvalue weighted by molar-refractivity contribution is -0.162. The molecular weight excluding hydrogens is 202 g/mol. The summed E-state index contributed by atoms with van der Waals surface area (Å²) in [6.07, 6.45) is 2.96. The fourth-order valence-corrected chi connectivity index (χ4v) is 2.38. The number of nitrogens with one attached hydrogen (secondary N) is 1. The van der Waals surface area contributed by atoms with Gasteiger partial charge in [-0.25, -0.2) is 0 Å². The van der Waals surface area contributed by atoms with E-state index in [2.05, 4.69) is 26.1 Å². The molecule has 0 saturated carbocycles. The number of carbonyl (C=O) groups excluding carboxylic acids is 1. The third kappa shape index (κ3) is 2.76. The predicted molar refractivity (Wildman–Crippen MR) is 65.2 cm³/mol. The molecule has 1 rings (SSSR count). The van der Waals surface area contributed by atoms with Crippen LogP contribution in [0.15, 0.2) is 0 Å². The molecule has 0 aliphatic carbocycles. The van der Waals surface area contributed by atoms with E-state index in [9.17, 15) is 4.79 Å². The molecule has 0 aromatic heterocycles. The minimum atomic E-state index is -0.290. The van der Waals surface area contributed by atoms with Gasteiger partial charge in [0.1, 0.15) is 0 Å². The maximum Gasteiger partial charge on any atom is 0.313 e. The summed E-state index contributed by atoms with van der Waals surface area (Å²) in [4.78, 5) is 12.2. The minimum Gasteiger partial charge on any atom is -0.462 e. The van der Waals surface area contributed by atoms with Crippen LogP contribution in [0.5, 0.6) is 0 Å². The van der Waals surface area contributed by atoms with E-state index in [1.807, 2.05) is 6.92 Å². The maximum absolute atomic E-state index is 12.2. The Morgan fingerprint density at radius 2 is 2.12 bits per heavy atom. The largest absolute Gasteiger partial charge is 0.462 e. The number of rotatable bonds is 5. The molecular formula is C13H25NO2. The molecule has 2 atom stereocenters. The summed E-state index contributed by atoms with van der Waals surface area (Å²) in [7, 11) is 0. The highest BCUT2D eigenvalue weighted by atomic mass is 16.5. The van der Waals surface area contributed by atoms with Gasteiger partial charge >= 0.3 is 5.97 Å². The predicted octanol–water partition coefficient (Wildman–Crippen LogP) is 2.35. The fraction of sp³-hybridized carbons (Fsp3) is 0.923. The van der Waals surface area contributed by atoms with Crippen molar-refractivity contribution in [3.63, 3.8) is 0 Å². The van der Waals surface area contributed by atoms with E-state index in [0.717, 1.165) is 32.4 Å². The van der Waals surface area contributed by atoms with E-state index in [1.54, 1.807) is 0 Å².